The summed E-state index contributed by atoms with van der Waals surface area (Å²) in [6.07, 6.45) is -9.84. The van der Waals surface area contributed by atoms with E-state index in [4.69, 9.17) is 28.4 Å². The molecule has 1 saturated heterocycles. The molecule has 6 rings (SSSR count). The van der Waals surface area contributed by atoms with E-state index in [2.05, 4.69) is 0 Å². The van der Waals surface area contributed by atoms with Crippen molar-refractivity contribution in [3.63, 3.8) is 0 Å². The molecule has 0 bridgehead atoms. The number of esters is 1. The second-order valence-corrected chi connectivity index (χ2v) is 15.3. The van der Waals surface area contributed by atoms with Gasteiger partial charge in [0.1, 0.15) is 57.5 Å². The van der Waals surface area contributed by atoms with Crippen LogP contribution in [0.15, 0.2) is 60.7 Å². The van der Waals surface area contributed by atoms with Crippen LogP contribution in [0.25, 0.3) is 0 Å². The Balaban J connectivity index is 1.43. The monoisotopic (exact) mass is 996 g/mol. The number of hydrogen-bond donors (Lipinski definition) is 15. The van der Waals surface area contributed by atoms with Crippen LogP contribution in [0.1, 0.15) is 51.8 Å². The number of hydrogen-bond acceptors (Lipinski definition) is 26. The molecule has 376 valence electrons. The van der Waals surface area contributed by atoms with Crippen LogP contribution in [-0.2, 0) is 28.4 Å². The largest absolute Gasteiger partial charge is 0.504 e. The fourth-order valence-electron chi connectivity index (χ4n) is 6.74. The Hall–Kier alpha value is -8.95. The van der Waals surface area contributed by atoms with Crippen LogP contribution in [0, 0.1) is 0 Å². The molecule has 26 heteroatoms. The van der Waals surface area contributed by atoms with Crippen LogP contribution >= 0.6 is 0 Å². The van der Waals surface area contributed by atoms with Gasteiger partial charge in [-0.15, -0.1) is 0 Å². The summed E-state index contributed by atoms with van der Waals surface area (Å²) < 4.78 is 35.1. The van der Waals surface area contributed by atoms with Crippen molar-refractivity contribution in [3.05, 3.63) is 88.5 Å². The Morgan fingerprint density at radius 1 is 0.352 bits per heavy atom. The average Bonchev–Trinajstić information content (AvgIpc) is 3.32. The Morgan fingerprint density at radius 2 is 0.606 bits per heavy atom. The van der Waals surface area contributed by atoms with E-state index >= 15 is 0 Å². The lowest BCUT2D eigenvalue weighted by atomic mass is 9.97. The number of phenols is 15. The SMILES string of the molecule is O=C(CO[C@@H]1O[C@H](COC(=O)c2cc(O)c(O)c(O)c2)[C@@H](OCC(=O)c2cc(O)c(O)c(O)c2)[C@H](OCC(=O)c2cc(O)c(O)c(O)c2)[C@H]1OCC(=O)c1cc(O)c(O)c(O)c1)c1cc(O)c(O)c(O)c1. The first-order valence-corrected chi connectivity index (χ1v) is 20.1. The maximum Gasteiger partial charge on any atom is 0.338 e. The number of Topliss-reactive ketones (excluding diaryl/α,β-unsaturated/α-hetero) is 4. The van der Waals surface area contributed by atoms with Crippen molar-refractivity contribution >= 4 is 29.1 Å². The third-order valence-corrected chi connectivity index (χ3v) is 10.4. The van der Waals surface area contributed by atoms with Gasteiger partial charge in [0.25, 0.3) is 0 Å². The standard InChI is InChI=1S/C45H40O26/c46-21-1-16(2-22(47)36(21)60)31(56)11-66-41-35(15-69-44(65)20-9-29(54)40(64)30(55)10-20)71-45(70-14-34(59)19-7-27(52)39(63)28(53)8-19)43(68-13-33(58)18-5-25(50)38(62)26(51)6-18)42(41)67-12-32(57)17-3-23(48)37(61)24(49)4-17/h1-10,35,41-43,45-55,60-64H,11-15H2/t35-,41-,42+,43-,45-/m1/s1. The van der Waals surface area contributed by atoms with Crippen LogP contribution in [0.3, 0.4) is 0 Å². The average molecular weight is 997 g/mol. The number of ether oxygens (including phenoxy) is 6. The van der Waals surface area contributed by atoms with Crippen molar-refractivity contribution in [2.24, 2.45) is 0 Å². The van der Waals surface area contributed by atoms with Gasteiger partial charge in [-0.05, 0) is 60.7 Å². The minimum Gasteiger partial charge on any atom is -0.504 e. The molecule has 1 fully saturated rings. The van der Waals surface area contributed by atoms with Crippen molar-refractivity contribution < 1.29 is 129 Å². The Morgan fingerprint density at radius 3 is 0.915 bits per heavy atom. The molecule has 5 aromatic carbocycles. The molecule has 5 atom stereocenters. The highest BCUT2D eigenvalue weighted by Crippen LogP contribution is 2.40. The summed E-state index contributed by atoms with van der Waals surface area (Å²) in [7, 11) is 0. The molecule has 0 radical (unpaired) electrons. The number of phenolic OH excluding ortho intramolecular Hbond substituents is 15. The van der Waals surface area contributed by atoms with Gasteiger partial charge in [-0.3, -0.25) is 19.2 Å². The minimum atomic E-state index is -2.08. The summed E-state index contributed by atoms with van der Waals surface area (Å²) in [5, 5.41) is 150. The first kappa shape index (κ1) is 51.4. The predicted molar refractivity (Wildman–Crippen MR) is 229 cm³/mol. The smallest absolute Gasteiger partial charge is 0.338 e. The van der Waals surface area contributed by atoms with Gasteiger partial charge in [0.2, 0.25) is 0 Å². The van der Waals surface area contributed by atoms with Gasteiger partial charge in [0, 0.05) is 22.3 Å². The number of benzene rings is 5. The topological polar surface area (TPSA) is 444 Å². The Bertz CT molecular complexity index is 2640. The third-order valence-electron chi connectivity index (χ3n) is 10.4. The van der Waals surface area contributed by atoms with Gasteiger partial charge < -0.3 is 105 Å². The predicted octanol–water partition coefficient (Wildman–Crippen LogP) is 1.86. The van der Waals surface area contributed by atoms with Crippen LogP contribution < -0.4 is 0 Å². The molecule has 0 amide bonds. The van der Waals surface area contributed by atoms with E-state index in [1.807, 2.05) is 0 Å². The summed E-state index contributed by atoms with van der Waals surface area (Å²) in [5.41, 5.74) is -2.49. The molecule has 0 spiro atoms. The van der Waals surface area contributed by atoms with Crippen molar-refractivity contribution in [2.75, 3.05) is 33.0 Å². The van der Waals surface area contributed by atoms with E-state index in [1.54, 1.807) is 0 Å². The molecular weight excluding hydrogens is 956 g/mol. The Kier molecular flexibility index (Phi) is 15.3. The molecule has 15 N–H and O–H groups in total. The summed E-state index contributed by atoms with van der Waals surface area (Å²) >= 11 is 0. The van der Waals surface area contributed by atoms with Gasteiger partial charge in [0.15, 0.2) is 116 Å². The second-order valence-electron chi connectivity index (χ2n) is 15.3. The molecule has 0 saturated carbocycles. The van der Waals surface area contributed by atoms with Gasteiger partial charge in [0.05, 0.1) is 5.56 Å². The summed E-state index contributed by atoms with van der Waals surface area (Å²) in [6.45, 7) is -5.49. The molecule has 1 aliphatic heterocycles. The van der Waals surface area contributed by atoms with Crippen molar-refractivity contribution in [1.82, 2.24) is 0 Å². The lowest BCUT2D eigenvalue weighted by Gasteiger charge is -2.45. The number of carbonyl (C=O) groups excluding carboxylic acids is 5. The molecule has 71 heavy (non-hydrogen) atoms. The van der Waals surface area contributed by atoms with E-state index in [-0.39, 0.29) is 0 Å². The highest BCUT2D eigenvalue weighted by molar-refractivity contribution is 6.00. The number of rotatable bonds is 19. The molecule has 5 aromatic rings. The van der Waals surface area contributed by atoms with Crippen molar-refractivity contribution in [1.29, 1.82) is 0 Å². The number of ketones is 4. The quantitative estimate of drug-likeness (QED) is 0.0319. The molecule has 0 aliphatic carbocycles. The lowest BCUT2D eigenvalue weighted by Crippen LogP contribution is -2.62. The number of carbonyl (C=O) groups is 5. The molecular formula is C45H40O26. The summed E-state index contributed by atoms with van der Waals surface area (Å²) in [6, 6.07) is 7.26. The zero-order valence-electron chi connectivity index (χ0n) is 35.9. The molecule has 1 heterocycles. The first-order valence-electron chi connectivity index (χ1n) is 20.1. The fourth-order valence-corrected chi connectivity index (χ4v) is 6.74. The van der Waals surface area contributed by atoms with Crippen LogP contribution in [0.2, 0.25) is 0 Å². The molecule has 0 aromatic heterocycles. The van der Waals surface area contributed by atoms with E-state index in [9.17, 15) is 101 Å². The Labute approximate surface area is 396 Å². The van der Waals surface area contributed by atoms with Crippen molar-refractivity contribution in [3.8, 4) is 86.2 Å². The first-order chi connectivity index (χ1) is 33.4. The maximum atomic E-state index is 13.6. The van der Waals surface area contributed by atoms with Gasteiger partial charge in [-0.1, -0.05) is 0 Å². The molecule has 26 nitrogen and oxygen atoms in total. The fraction of sp³-hybridized carbons (Fsp3) is 0.222. The van der Waals surface area contributed by atoms with E-state index in [0.717, 1.165) is 48.5 Å². The highest BCUT2D eigenvalue weighted by atomic mass is 16.7. The third kappa shape index (κ3) is 11.5. The maximum absolute atomic E-state index is 13.6. The van der Waals surface area contributed by atoms with E-state index in [1.165, 1.54) is 0 Å². The van der Waals surface area contributed by atoms with Gasteiger partial charge in [-0.2, -0.15) is 0 Å². The van der Waals surface area contributed by atoms with Crippen LogP contribution in [0.5, 0.6) is 86.2 Å². The van der Waals surface area contributed by atoms with Crippen molar-refractivity contribution in [2.45, 2.75) is 30.7 Å². The zero-order chi connectivity index (χ0) is 52.2. The zero-order valence-corrected chi connectivity index (χ0v) is 35.9. The van der Waals surface area contributed by atoms with Gasteiger partial charge >= 0.3 is 5.97 Å². The van der Waals surface area contributed by atoms with Gasteiger partial charge in [-0.25, -0.2) is 4.79 Å². The van der Waals surface area contributed by atoms with E-state index < -0.39 is 207 Å². The lowest BCUT2D eigenvalue weighted by molar-refractivity contribution is -0.315. The summed E-state index contributed by atoms with van der Waals surface area (Å²) in [4.78, 5) is 67.5. The summed E-state index contributed by atoms with van der Waals surface area (Å²) in [5.74, 6) is -20.1. The molecule has 1 aliphatic rings. The normalized spacial score (nSPS) is 17.6. The molecule has 0 unspecified atom stereocenters. The number of aromatic hydroxyl groups is 15. The van der Waals surface area contributed by atoms with Crippen LogP contribution in [-0.4, -0.2) is 169 Å². The minimum absolute atomic E-state index is 0.469. The highest BCUT2D eigenvalue weighted by Gasteiger charge is 2.50. The van der Waals surface area contributed by atoms with E-state index in [0.29, 0.717) is 12.1 Å². The second kappa shape index (κ2) is 21.1. The van der Waals surface area contributed by atoms with Crippen LogP contribution in [0.4, 0.5) is 0 Å².